The number of aryl methyl sites for hydroxylation is 1. The maximum atomic E-state index is 14.1. The van der Waals surface area contributed by atoms with Gasteiger partial charge in [0.2, 0.25) is 0 Å². The van der Waals surface area contributed by atoms with Gasteiger partial charge in [-0.3, -0.25) is 9.69 Å². The van der Waals surface area contributed by atoms with Gasteiger partial charge in [-0.2, -0.15) is 0 Å². The van der Waals surface area contributed by atoms with Crippen molar-refractivity contribution in [1.82, 2.24) is 10.2 Å². The van der Waals surface area contributed by atoms with Crippen molar-refractivity contribution in [2.45, 2.75) is 50.7 Å². The van der Waals surface area contributed by atoms with E-state index in [-0.39, 0.29) is 30.2 Å². The van der Waals surface area contributed by atoms with E-state index >= 15 is 0 Å². The third-order valence-corrected chi connectivity index (χ3v) is 5.15. The first-order chi connectivity index (χ1) is 11.4. The smallest absolute Gasteiger partial charge is 0.317 e. The van der Waals surface area contributed by atoms with Crippen molar-refractivity contribution in [2.75, 3.05) is 13.1 Å². The molecule has 3 rings (SSSR count). The Hall–Kier alpha value is -1.60. The van der Waals surface area contributed by atoms with Crippen molar-refractivity contribution in [3.63, 3.8) is 0 Å². The molecule has 2 aliphatic rings. The fraction of sp³-hybridized carbons (Fsp3) is 0.588. The molecule has 0 amide bonds. The summed E-state index contributed by atoms with van der Waals surface area (Å²) < 4.78 is 40.8. The molecule has 1 atom stereocenters. The number of nitrogens with zero attached hydrogens (tertiary/aromatic N) is 1. The van der Waals surface area contributed by atoms with Crippen LogP contribution in [-0.4, -0.2) is 41.1 Å². The molecule has 24 heavy (non-hydrogen) atoms. The standard InChI is InChI=1S/C17H21F3N2O2/c1-2-22(8-14(23)24)11-6-10(7-11)21-13-4-3-9-5-12(18)16(19)17(20)15(9)13/h5,10-11,13,21H,2-4,6-8H2,1H3,(H,23,24). The SMILES string of the molecule is CCN(CC(=O)O)C1CC(NC2CCc3cc(F)c(F)c(F)c32)C1. The van der Waals surface area contributed by atoms with E-state index in [2.05, 4.69) is 5.32 Å². The van der Waals surface area contributed by atoms with Gasteiger partial charge in [0.1, 0.15) is 0 Å². The van der Waals surface area contributed by atoms with Crippen LogP contribution >= 0.6 is 0 Å². The molecule has 2 N–H and O–H groups in total. The summed E-state index contributed by atoms with van der Waals surface area (Å²) in [4.78, 5) is 12.7. The number of benzene rings is 1. The van der Waals surface area contributed by atoms with Crippen LogP contribution in [0.3, 0.4) is 0 Å². The van der Waals surface area contributed by atoms with E-state index < -0.39 is 23.4 Å². The Morgan fingerprint density at radius 1 is 1.33 bits per heavy atom. The van der Waals surface area contributed by atoms with E-state index in [4.69, 9.17) is 5.11 Å². The highest BCUT2D eigenvalue weighted by Crippen LogP contribution is 2.37. The number of aliphatic carboxylic acids is 1. The number of halogens is 3. The highest BCUT2D eigenvalue weighted by atomic mass is 19.2. The number of fused-ring (bicyclic) bond motifs is 1. The summed E-state index contributed by atoms with van der Waals surface area (Å²) in [5.74, 6) is -4.48. The lowest BCUT2D eigenvalue weighted by Gasteiger charge is -2.43. The monoisotopic (exact) mass is 342 g/mol. The van der Waals surface area contributed by atoms with Gasteiger partial charge >= 0.3 is 5.97 Å². The van der Waals surface area contributed by atoms with Gasteiger partial charge in [-0.25, -0.2) is 13.2 Å². The quantitative estimate of drug-likeness (QED) is 0.781. The molecule has 0 bridgehead atoms. The van der Waals surface area contributed by atoms with Gasteiger partial charge in [-0.05, 0) is 43.9 Å². The summed E-state index contributed by atoms with van der Waals surface area (Å²) in [6.07, 6.45) is 2.69. The van der Waals surface area contributed by atoms with Crippen molar-refractivity contribution >= 4 is 5.97 Å². The molecule has 0 aliphatic heterocycles. The van der Waals surface area contributed by atoms with Crippen molar-refractivity contribution in [2.24, 2.45) is 0 Å². The van der Waals surface area contributed by atoms with E-state index in [1.165, 1.54) is 0 Å². The van der Waals surface area contributed by atoms with Gasteiger partial charge in [-0.15, -0.1) is 0 Å². The van der Waals surface area contributed by atoms with Gasteiger partial charge in [-0.1, -0.05) is 6.92 Å². The summed E-state index contributed by atoms with van der Waals surface area (Å²) in [7, 11) is 0. The second kappa shape index (κ2) is 6.72. The van der Waals surface area contributed by atoms with Gasteiger partial charge < -0.3 is 10.4 Å². The Labute approximate surface area is 138 Å². The molecule has 2 aliphatic carbocycles. The Bertz CT molecular complexity index is 647. The molecule has 0 saturated heterocycles. The van der Waals surface area contributed by atoms with Gasteiger partial charge in [0.25, 0.3) is 0 Å². The summed E-state index contributed by atoms with van der Waals surface area (Å²) in [5.41, 5.74) is 0.774. The number of carbonyl (C=O) groups is 1. The predicted molar refractivity (Wildman–Crippen MR) is 82.2 cm³/mol. The summed E-state index contributed by atoms with van der Waals surface area (Å²) in [6.45, 7) is 2.60. The van der Waals surface area contributed by atoms with Crippen LogP contribution in [0, 0.1) is 17.5 Å². The maximum absolute atomic E-state index is 14.1. The van der Waals surface area contributed by atoms with Crippen molar-refractivity contribution in [3.8, 4) is 0 Å². The Morgan fingerprint density at radius 2 is 2.04 bits per heavy atom. The van der Waals surface area contributed by atoms with Crippen LogP contribution in [0.1, 0.15) is 43.4 Å². The highest BCUT2D eigenvalue weighted by Gasteiger charge is 2.37. The first kappa shape index (κ1) is 17.2. The number of carboxylic acids is 1. The molecule has 1 aromatic carbocycles. The minimum atomic E-state index is -1.41. The maximum Gasteiger partial charge on any atom is 0.317 e. The Kier molecular flexibility index (Phi) is 4.83. The second-order valence-corrected chi connectivity index (χ2v) is 6.60. The number of likely N-dealkylation sites (N-methyl/N-ethyl adjacent to an activating group) is 1. The molecule has 1 saturated carbocycles. The number of hydrogen-bond acceptors (Lipinski definition) is 3. The zero-order valence-electron chi connectivity index (χ0n) is 13.5. The van der Waals surface area contributed by atoms with E-state index in [1.54, 1.807) is 0 Å². The molecule has 4 nitrogen and oxygen atoms in total. The van der Waals surface area contributed by atoms with Gasteiger partial charge in [0.15, 0.2) is 17.5 Å². The van der Waals surface area contributed by atoms with Crippen LogP contribution in [0.4, 0.5) is 13.2 Å². The number of carboxylic acid groups (broad SMARTS) is 1. The predicted octanol–water partition coefficient (Wildman–Crippen LogP) is 2.62. The lowest BCUT2D eigenvalue weighted by Crippen LogP contribution is -2.54. The minimum absolute atomic E-state index is 0.0132. The third kappa shape index (κ3) is 3.15. The Balaban J connectivity index is 1.61. The average Bonchev–Trinajstić information content (AvgIpc) is 2.88. The molecular formula is C17H21F3N2O2. The van der Waals surface area contributed by atoms with Crippen LogP contribution < -0.4 is 5.32 Å². The molecule has 0 aromatic heterocycles. The molecule has 0 spiro atoms. The van der Waals surface area contributed by atoms with E-state index in [0.717, 1.165) is 18.9 Å². The minimum Gasteiger partial charge on any atom is -0.480 e. The summed E-state index contributed by atoms with van der Waals surface area (Å²) >= 11 is 0. The summed E-state index contributed by atoms with van der Waals surface area (Å²) in [6, 6.07) is 1.11. The Morgan fingerprint density at radius 3 is 2.67 bits per heavy atom. The van der Waals surface area contributed by atoms with Gasteiger partial charge in [0, 0.05) is 23.7 Å². The first-order valence-corrected chi connectivity index (χ1v) is 8.28. The van der Waals surface area contributed by atoms with Crippen molar-refractivity contribution in [3.05, 3.63) is 34.6 Å². The molecular weight excluding hydrogens is 321 g/mol. The van der Waals surface area contributed by atoms with Crippen LogP contribution in [0.25, 0.3) is 0 Å². The fourth-order valence-electron chi connectivity index (χ4n) is 3.83. The van der Waals surface area contributed by atoms with Crippen LogP contribution in [0.5, 0.6) is 0 Å². The molecule has 7 heteroatoms. The molecule has 1 aromatic rings. The third-order valence-electron chi connectivity index (χ3n) is 5.15. The van der Waals surface area contributed by atoms with Gasteiger partial charge in [0.05, 0.1) is 6.54 Å². The second-order valence-electron chi connectivity index (χ2n) is 6.60. The largest absolute Gasteiger partial charge is 0.480 e. The van der Waals surface area contributed by atoms with Crippen molar-refractivity contribution in [1.29, 1.82) is 0 Å². The molecule has 0 heterocycles. The van der Waals surface area contributed by atoms with Crippen LogP contribution in [0.15, 0.2) is 6.07 Å². The molecule has 1 unspecified atom stereocenters. The lowest BCUT2D eigenvalue weighted by molar-refractivity contribution is -0.139. The number of hydrogen-bond donors (Lipinski definition) is 2. The zero-order chi connectivity index (χ0) is 17.4. The summed E-state index contributed by atoms with van der Waals surface area (Å²) in [5, 5.41) is 12.2. The zero-order valence-corrected chi connectivity index (χ0v) is 13.5. The van der Waals surface area contributed by atoms with Crippen molar-refractivity contribution < 1.29 is 23.1 Å². The topological polar surface area (TPSA) is 52.6 Å². The van der Waals surface area contributed by atoms with E-state index in [0.29, 0.717) is 24.9 Å². The van der Waals surface area contributed by atoms with E-state index in [9.17, 15) is 18.0 Å². The molecule has 0 radical (unpaired) electrons. The van der Waals surface area contributed by atoms with Crippen LogP contribution in [0.2, 0.25) is 0 Å². The number of nitrogens with one attached hydrogen (secondary N) is 1. The average molecular weight is 342 g/mol. The first-order valence-electron chi connectivity index (χ1n) is 8.28. The normalized spacial score (nSPS) is 25.6. The lowest BCUT2D eigenvalue weighted by atomic mass is 9.84. The van der Waals surface area contributed by atoms with Crippen LogP contribution in [-0.2, 0) is 11.2 Å². The fourth-order valence-corrected chi connectivity index (χ4v) is 3.83. The number of rotatable bonds is 6. The van der Waals surface area contributed by atoms with E-state index in [1.807, 2.05) is 11.8 Å². The molecule has 132 valence electrons. The molecule has 1 fully saturated rings. The highest BCUT2D eigenvalue weighted by molar-refractivity contribution is 5.69.